The van der Waals surface area contributed by atoms with Gasteiger partial charge in [0.1, 0.15) is 6.07 Å². The molecule has 148 valence electrons. The van der Waals surface area contributed by atoms with Crippen molar-refractivity contribution >= 4 is 24.8 Å². The molecule has 1 aromatic carbocycles. The minimum absolute atomic E-state index is 0. The third kappa shape index (κ3) is 3.65. The van der Waals surface area contributed by atoms with E-state index < -0.39 is 0 Å². The Bertz CT molecular complexity index is 861. The van der Waals surface area contributed by atoms with Gasteiger partial charge in [0.05, 0.1) is 11.3 Å². The van der Waals surface area contributed by atoms with E-state index in [0.717, 1.165) is 17.7 Å². The van der Waals surface area contributed by atoms with Crippen LogP contribution in [0.15, 0.2) is 36.5 Å². The molecule has 0 radical (unpaired) electrons. The van der Waals surface area contributed by atoms with E-state index in [1.54, 1.807) is 6.20 Å². The number of hydrogen-bond donors (Lipinski definition) is 1. The lowest BCUT2D eigenvalue weighted by Gasteiger charge is -2.55. The molecular formula is C22H26Cl2N4. The van der Waals surface area contributed by atoms with Crippen LogP contribution in [0.4, 0.5) is 0 Å². The molecule has 6 heteroatoms. The number of fused-ring (bicyclic) bond motifs is 1. The molecular weight excluding hydrogens is 391 g/mol. The molecule has 1 atom stereocenters. The summed E-state index contributed by atoms with van der Waals surface area (Å²) in [6.45, 7) is 4.93. The molecule has 3 heterocycles. The Morgan fingerprint density at radius 3 is 2.57 bits per heavy atom. The zero-order valence-electron chi connectivity index (χ0n) is 15.9. The van der Waals surface area contributed by atoms with Gasteiger partial charge in [0.15, 0.2) is 0 Å². The lowest BCUT2D eigenvalue weighted by Crippen LogP contribution is -2.60. The third-order valence-corrected chi connectivity index (χ3v) is 6.56. The van der Waals surface area contributed by atoms with E-state index in [4.69, 9.17) is 5.26 Å². The molecule has 0 saturated carbocycles. The van der Waals surface area contributed by atoms with Gasteiger partial charge in [-0.1, -0.05) is 12.1 Å². The van der Waals surface area contributed by atoms with Crippen molar-refractivity contribution in [2.24, 2.45) is 5.41 Å². The monoisotopic (exact) mass is 416 g/mol. The van der Waals surface area contributed by atoms with Gasteiger partial charge in [-0.25, -0.2) is 0 Å². The summed E-state index contributed by atoms with van der Waals surface area (Å²) in [7, 11) is 0. The average molecular weight is 417 g/mol. The first-order valence-electron chi connectivity index (χ1n) is 9.71. The first kappa shape index (κ1) is 21.1. The summed E-state index contributed by atoms with van der Waals surface area (Å²) in [6.07, 6.45) is 6.74. The number of pyridine rings is 1. The van der Waals surface area contributed by atoms with Crippen molar-refractivity contribution in [2.75, 3.05) is 26.2 Å². The summed E-state index contributed by atoms with van der Waals surface area (Å²) in [4.78, 5) is 7.15. The van der Waals surface area contributed by atoms with Crippen molar-refractivity contribution in [2.45, 2.75) is 31.7 Å². The van der Waals surface area contributed by atoms with Gasteiger partial charge >= 0.3 is 0 Å². The second-order valence-corrected chi connectivity index (χ2v) is 8.17. The third-order valence-electron chi connectivity index (χ3n) is 6.56. The number of halogens is 2. The highest BCUT2D eigenvalue weighted by Gasteiger charge is 2.46. The van der Waals surface area contributed by atoms with E-state index >= 15 is 0 Å². The Hall–Kier alpha value is -1.64. The van der Waals surface area contributed by atoms with Crippen LogP contribution < -0.4 is 5.32 Å². The first-order chi connectivity index (χ1) is 12.8. The lowest BCUT2D eigenvalue weighted by atomic mass is 9.71. The molecule has 5 rings (SSSR count). The molecule has 4 nitrogen and oxygen atoms in total. The van der Waals surface area contributed by atoms with Crippen LogP contribution in [0.5, 0.6) is 0 Å². The van der Waals surface area contributed by atoms with Gasteiger partial charge in [-0.3, -0.25) is 9.88 Å². The van der Waals surface area contributed by atoms with E-state index in [2.05, 4.69) is 39.5 Å². The summed E-state index contributed by atoms with van der Waals surface area (Å²) in [5, 5.41) is 12.4. The highest BCUT2D eigenvalue weighted by atomic mass is 35.5. The summed E-state index contributed by atoms with van der Waals surface area (Å²) >= 11 is 0. The number of nitrogens with zero attached hydrogens (tertiary/aromatic N) is 3. The Morgan fingerprint density at radius 1 is 1.11 bits per heavy atom. The zero-order valence-corrected chi connectivity index (χ0v) is 17.5. The van der Waals surface area contributed by atoms with E-state index in [0.29, 0.717) is 17.0 Å². The van der Waals surface area contributed by atoms with Gasteiger partial charge in [0, 0.05) is 30.9 Å². The summed E-state index contributed by atoms with van der Waals surface area (Å²) in [6, 6.07) is 13.4. The fraction of sp³-hybridized carbons (Fsp3) is 0.455. The maximum absolute atomic E-state index is 8.93. The molecule has 1 N–H and O–H groups in total. The molecule has 2 aliphatic heterocycles. The second-order valence-electron chi connectivity index (χ2n) is 8.17. The minimum atomic E-state index is 0. The fourth-order valence-electron chi connectivity index (χ4n) is 5.07. The van der Waals surface area contributed by atoms with Crippen molar-refractivity contribution in [3.8, 4) is 17.3 Å². The van der Waals surface area contributed by atoms with Crippen molar-refractivity contribution in [1.29, 1.82) is 5.26 Å². The van der Waals surface area contributed by atoms with Gasteiger partial charge in [-0.15, -0.1) is 24.8 Å². The molecule has 0 bridgehead atoms. The predicted molar refractivity (Wildman–Crippen MR) is 116 cm³/mol. The Labute approximate surface area is 179 Å². The number of likely N-dealkylation sites (tertiary alicyclic amines) is 1. The smallest absolute Gasteiger partial charge is 0.101 e. The van der Waals surface area contributed by atoms with Gasteiger partial charge in [0.25, 0.3) is 0 Å². The number of hydrogen-bond acceptors (Lipinski definition) is 4. The molecule has 2 aromatic rings. The van der Waals surface area contributed by atoms with Gasteiger partial charge in [-0.05, 0) is 73.5 Å². The second kappa shape index (κ2) is 8.39. The van der Waals surface area contributed by atoms with Crippen molar-refractivity contribution in [3.63, 3.8) is 0 Å². The Balaban J connectivity index is 0.00000112. The van der Waals surface area contributed by atoms with Crippen LogP contribution >= 0.6 is 24.8 Å². The molecule has 3 aliphatic rings. The summed E-state index contributed by atoms with van der Waals surface area (Å²) in [5.41, 5.74) is 6.32. The van der Waals surface area contributed by atoms with Crippen molar-refractivity contribution < 1.29 is 0 Å². The van der Waals surface area contributed by atoms with Crippen molar-refractivity contribution in [1.82, 2.24) is 15.2 Å². The average Bonchev–Trinajstić information content (AvgIpc) is 3.09. The van der Waals surface area contributed by atoms with Crippen LogP contribution in [0, 0.1) is 16.7 Å². The van der Waals surface area contributed by atoms with Gasteiger partial charge < -0.3 is 5.32 Å². The van der Waals surface area contributed by atoms with Crippen LogP contribution in [-0.2, 0) is 6.42 Å². The van der Waals surface area contributed by atoms with E-state index in [1.165, 1.54) is 56.6 Å². The number of aromatic nitrogens is 1. The standard InChI is InChI=1S/C22H24N4.2ClH/c23-12-16-1-5-20(25-13-16)18-2-4-19-17(11-18)3-6-21(19)26-14-22(15-26)7-9-24-10-8-22;;/h1-2,4-5,11,13,21,24H,3,6-10,14-15H2;2*1H/t21-;;/m1../s1. The molecule has 1 spiro atoms. The molecule has 0 unspecified atom stereocenters. The maximum Gasteiger partial charge on any atom is 0.101 e. The molecule has 0 amide bonds. The number of nitriles is 1. The zero-order chi connectivity index (χ0) is 17.6. The fourth-order valence-corrected chi connectivity index (χ4v) is 5.07. The van der Waals surface area contributed by atoms with Crippen LogP contribution in [0.3, 0.4) is 0 Å². The van der Waals surface area contributed by atoms with Crippen molar-refractivity contribution in [3.05, 3.63) is 53.2 Å². The molecule has 2 fully saturated rings. The van der Waals surface area contributed by atoms with E-state index in [-0.39, 0.29) is 24.8 Å². The number of piperidine rings is 1. The lowest BCUT2D eigenvalue weighted by molar-refractivity contribution is -0.0512. The largest absolute Gasteiger partial charge is 0.317 e. The van der Waals surface area contributed by atoms with Crippen LogP contribution in [-0.4, -0.2) is 36.1 Å². The number of nitrogens with one attached hydrogen (secondary N) is 1. The first-order valence-corrected chi connectivity index (χ1v) is 9.71. The molecule has 1 aliphatic carbocycles. The highest BCUT2D eigenvalue weighted by Crippen LogP contribution is 2.47. The maximum atomic E-state index is 8.93. The minimum Gasteiger partial charge on any atom is -0.317 e. The van der Waals surface area contributed by atoms with E-state index in [9.17, 15) is 0 Å². The molecule has 1 aromatic heterocycles. The molecule has 2 saturated heterocycles. The number of rotatable bonds is 2. The Kier molecular flexibility index (Phi) is 6.31. The normalized spacial score (nSPS) is 22.3. The Morgan fingerprint density at radius 2 is 1.89 bits per heavy atom. The number of benzene rings is 1. The van der Waals surface area contributed by atoms with E-state index in [1.807, 2.05) is 12.1 Å². The quantitative estimate of drug-likeness (QED) is 0.798. The SMILES string of the molecule is Cl.Cl.N#Cc1ccc(-c2ccc3c(c2)CC[C@H]3N2CC3(CCNCC3)C2)nc1. The molecule has 28 heavy (non-hydrogen) atoms. The van der Waals surface area contributed by atoms with Gasteiger partial charge in [0.2, 0.25) is 0 Å². The van der Waals surface area contributed by atoms with Crippen LogP contribution in [0.1, 0.15) is 42.0 Å². The summed E-state index contributed by atoms with van der Waals surface area (Å²) in [5.74, 6) is 0. The topological polar surface area (TPSA) is 52.0 Å². The van der Waals surface area contributed by atoms with Gasteiger partial charge in [-0.2, -0.15) is 5.26 Å². The number of aryl methyl sites for hydroxylation is 1. The summed E-state index contributed by atoms with van der Waals surface area (Å²) < 4.78 is 0. The highest BCUT2D eigenvalue weighted by molar-refractivity contribution is 5.85. The predicted octanol–water partition coefficient (Wildman–Crippen LogP) is 4.14. The van der Waals surface area contributed by atoms with Crippen LogP contribution in [0.25, 0.3) is 11.3 Å². The van der Waals surface area contributed by atoms with Crippen LogP contribution in [0.2, 0.25) is 0 Å².